The number of nitrogens with one attached hydrogen (secondary N) is 2. The van der Waals surface area contributed by atoms with Gasteiger partial charge in [0.25, 0.3) is 0 Å². The van der Waals surface area contributed by atoms with E-state index < -0.39 is 0 Å². The summed E-state index contributed by atoms with van der Waals surface area (Å²) >= 11 is 0. The van der Waals surface area contributed by atoms with Crippen molar-refractivity contribution in [3.05, 3.63) is 0 Å². The maximum Gasteiger partial charge on any atom is 0.317 e. The molecule has 4 N–H and O–H groups in total. The molecule has 0 aromatic rings. The zero-order valence-electron chi connectivity index (χ0n) is 14.9. The number of hydrogen-bond donors (Lipinski definition) is 3. The molecule has 0 spiro atoms. The first kappa shape index (κ1) is 22.0. The highest BCUT2D eigenvalue weighted by atomic mass is 35.5. The maximum absolute atomic E-state index is 12.1. The molecule has 136 valence electrons. The van der Waals surface area contributed by atoms with Crippen LogP contribution in [-0.4, -0.2) is 48.6 Å². The predicted octanol–water partition coefficient (Wildman–Crippen LogP) is 1.73. The highest BCUT2D eigenvalue weighted by molar-refractivity contribution is 5.85. The zero-order chi connectivity index (χ0) is 16.8. The van der Waals surface area contributed by atoms with Crippen LogP contribution in [0.4, 0.5) is 4.79 Å². The quantitative estimate of drug-likeness (QED) is 0.683. The molecule has 0 aromatic carbocycles. The molecule has 1 aliphatic heterocycles. The number of amides is 3. The number of nitrogens with two attached hydrogens (primary N) is 1. The van der Waals surface area contributed by atoms with Crippen LogP contribution >= 0.6 is 12.4 Å². The van der Waals surface area contributed by atoms with Crippen molar-refractivity contribution in [1.82, 2.24) is 15.5 Å². The molecule has 1 fully saturated rings. The van der Waals surface area contributed by atoms with Crippen molar-refractivity contribution in [3.63, 3.8) is 0 Å². The van der Waals surface area contributed by atoms with Crippen LogP contribution in [0.2, 0.25) is 0 Å². The highest BCUT2D eigenvalue weighted by Gasteiger charge is 2.27. The number of rotatable bonds is 6. The van der Waals surface area contributed by atoms with Gasteiger partial charge in [0, 0.05) is 38.1 Å². The van der Waals surface area contributed by atoms with E-state index in [4.69, 9.17) is 5.73 Å². The van der Waals surface area contributed by atoms with Gasteiger partial charge in [-0.1, -0.05) is 13.8 Å². The third-order valence-electron chi connectivity index (χ3n) is 3.93. The molecule has 1 heterocycles. The van der Waals surface area contributed by atoms with E-state index in [0.717, 1.165) is 19.4 Å². The number of hydrogen-bond acceptors (Lipinski definition) is 3. The molecule has 1 unspecified atom stereocenters. The molecule has 1 atom stereocenters. The van der Waals surface area contributed by atoms with Crippen LogP contribution < -0.4 is 16.4 Å². The molecular weight excluding hydrogens is 316 g/mol. The van der Waals surface area contributed by atoms with E-state index in [2.05, 4.69) is 24.5 Å². The standard InChI is InChI=1S/C16H32N4O2.ClH/c1-12(2)9-18-15(22)20-7-5-6-13(10-20)8-14(21)19-16(3,4)11-17;/h12-13H,5-11,17H2,1-4H3,(H,18,22)(H,19,21);1H. The summed E-state index contributed by atoms with van der Waals surface area (Å²) in [6.07, 6.45) is 2.40. The van der Waals surface area contributed by atoms with Gasteiger partial charge in [0.15, 0.2) is 0 Å². The Balaban J connectivity index is 0.00000484. The Morgan fingerprint density at radius 3 is 2.57 bits per heavy atom. The minimum atomic E-state index is -0.375. The molecule has 0 aromatic heterocycles. The summed E-state index contributed by atoms with van der Waals surface area (Å²) in [7, 11) is 0. The number of halogens is 1. The minimum absolute atomic E-state index is 0. The molecule has 3 amide bonds. The van der Waals surface area contributed by atoms with Gasteiger partial charge in [0.1, 0.15) is 0 Å². The molecule has 1 rings (SSSR count). The number of carbonyl (C=O) groups is 2. The fraction of sp³-hybridized carbons (Fsp3) is 0.875. The van der Waals surface area contributed by atoms with Gasteiger partial charge in [0.2, 0.25) is 5.91 Å². The lowest BCUT2D eigenvalue weighted by Crippen LogP contribution is -2.50. The zero-order valence-corrected chi connectivity index (χ0v) is 15.7. The van der Waals surface area contributed by atoms with Gasteiger partial charge in [0.05, 0.1) is 0 Å². The summed E-state index contributed by atoms with van der Waals surface area (Å²) in [5, 5.41) is 5.90. The van der Waals surface area contributed by atoms with Crippen LogP contribution in [0.1, 0.15) is 47.0 Å². The van der Waals surface area contributed by atoms with E-state index in [1.807, 2.05) is 18.7 Å². The third kappa shape index (κ3) is 8.42. The Morgan fingerprint density at radius 1 is 1.35 bits per heavy atom. The number of likely N-dealkylation sites (tertiary alicyclic amines) is 1. The summed E-state index contributed by atoms with van der Waals surface area (Å²) in [6.45, 7) is 10.5. The van der Waals surface area contributed by atoms with Crippen LogP contribution in [0, 0.1) is 11.8 Å². The largest absolute Gasteiger partial charge is 0.350 e. The van der Waals surface area contributed by atoms with Crippen molar-refractivity contribution in [2.24, 2.45) is 17.6 Å². The summed E-state index contributed by atoms with van der Waals surface area (Å²) in [6, 6.07) is -0.0129. The SMILES string of the molecule is CC(C)CNC(=O)N1CCCC(CC(=O)NC(C)(C)CN)C1.Cl. The first-order chi connectivity index (χ1) is 10.2. The predicted molar refractivity (Wildman–Crippen MR) is 95.7 cm³/mol. The van der Waals surface area contributed by atoms with Gasteiger partial charge in [-0.15, -0.1) is 12.4 Å². The van der Waals surface area contributed by atoms with E-state index in [1.165, 1.54) is 0 Å². The number of carbonyl (C=O) groups excluding carboxylic acids is 2. The molecule has 1 saturated heterocycles. The Morgan fingerprint density at radius 2 is 2.00 bits per heavy atom. The molecule has 1 aliphatic rings. The van der Waals surface area contributed by atoms with E-state index in [9.17, 15) is 9.59 Å². The van der Waals surface area contributed by atoms with Gasteiger partial charge in [-0.25, -0.2) is 4.79 Å². The molecule has 7 heteroatoms. The van der Waals surface area contributed by atoms with Gasteiger partial charge in [-0.05, 0) is 38.5 Å². The first-order valence-corrected chi connectivity index (χ1v) is 8.27. The van der Waals surface area contributed by atoms with Crippen LogP contribution in [0.3, 0.4) is 0 Å². The maximum atomic E-state index is 12.1. The lowest BCUT2D eigenvalue weighted by Gasteiger charge is -2.33. The topological polar surface area (TPSA) is 87.5 Å². The fourth-order valence-electron chi connectivity index (χ4n) is 2.56. The summed E-state index contributed by atoms with van der Waals surface area (Å²) in [5.74, 6) is 0.686. The fourth-order valence-corrected chi connectivity index (χ4v) is 2.56. The first-order valence-electron chi connectivity index (χ1n) is 8.27. The number of urea groups is 1. The average molecular weight is 349 g/mol. The average Bonchev–Trinajstić information content (AvgIpc) is 2.44. The van der Waals surface area contributed by atoms with Crippen molar-refractivity contribution >= 4 is 24.3 Å². The number of nitrogens with zero attached hydrogens (tertiary/aromatic N) is 1. The smallest absolute Gasteiger partial charge is 0.317 e. The van der Waals surface area contributed by atoms with Crippen molar-refractivity contribution in [2.75, 3.05) is 26.2 Å². The highest BCUT2D eigenvalue weighted by Crippen LogP contribution is 2.20. The van der Waals surface area contributed by atoms with E-state index in [0.29, 0.717) is 32.0 Å². The second-order valence-electron chi connectivity index (χ2n) is 7.37. The van der Waals surface area contributed by atoms with Crippen LogP contribution in [0.5, 0.6) is 0 Å². The summed E-state index contributed by atoms with van der Waals surface area (Å²) in [4.78, 5) is 26.0. The van der Waals surface area contributed by atoms with E-state index >= 15 is 0 Å². The summed E-state index contributed by atoms with van der Waals surface area (Å²) in [5.41, 5.74) is 5.26. The van der Waals surface area contributed by atoms with Gasteiger partial charge in [-0.3, -0.25) is 4.79 Å². The van der Waals surface area contributed by atoms with Crippen molar-refractivity contribution in [3.8, 4) is 0 Å². The second kappa shape index (κ2) is 9.98. The van der Waals surface area contributed by atoms with Gasteiger partial charge in [-0.2, -0.15) is 0 Å². The van der Waals surface area contributed by atoms with Crippen molar-refractivity contribution in [1.29, 1.82) is 0 Å². The normalized spacial score (nSPS) is 18.3. The van der Waals surface area contributed by atoms with Crippen LogP contribution in [0.15, 0.2) is 0 Å². The Kier molecular flexibility index (Phi) is 9.54. The molecule has 6 nitrogen and oxygen atoms in total. The second-order valence-corrected chi connectivity index (χ2v) is 7.37. The van der Waals surface area contributed by atoms with Crippen molar-refractivity contribution < 1.29 is 9.59 Å². The molecule has 23 heavy (non-hydrogen) atoms. The molecule has 0 bridgehead atoms. The molecule has 0 saturated carbocycles. The van der Waals surface area contributed by atoms with Crippen LogP contribution in [-0.2, 0) is 4.79 Å². The summed E-state index contributed by atoms with van der Waals surface area (Å²) < 4.78 is 0. The lowest BCUT2D eigenvalue weighted by molar-refractivity contribution is -0.123. The van der Waals surface area contributed by atoms with E-state index in [1.54, 1.807) is 0 Å². The monoisotopic (exact) mass is 348 g/mol. The van der Waals surface area contributed by atoms with Crippen molar-refractivity contribution in [2.45, 2.75) is 52.5 Å². The third-order valence-corrected chi connectivity index (χ3v) is 3.93. The Labute approximate surface area is 146 Å². The Bertz CT molecular complexity index is 388. The lowest BCUT2D eigenvalue weighted by atomic mass is 9.94. The number of piperidine rings is 1. The molecule has 0 aliphatic carbocycles. The minimum Gasteiger partial charge on any atom is -0.350 e. The van der Waals surface area contributed by atoms with Gasteiger partial charge < -0.3 is 21.3 Å². The Hall–Kier alpha value is -1.01. The van der Waals surface area contributed by atoms with Gasteiger partial charge >= 0.3 is 6.03 Å². The van der Waals surface area contributed by atoms with E-state index in [-0.39, 0.29) is 35.8 Å². The van der Waals surface area contributed by atoms with Crippen LogP contribution in [0.25, 0.3) is 0 Å². The molecule has 0 radical (unpaired) electrons. The molecular formula is C16H33ClN4O2.